The normalized spacial score (nSPS) is 14.5. The lowest BCUT2D eigenvalue weighted by atomic mass is 9.88. The molecule has 26 heavy (non-hydrogen) atoms. The Bertz CT molecular complexity index is 788. The number of carboxylic acid groups (broad SMARTS) is 1. The molecular formula is C18H19Cl2NO4S. The van der Waals surface area contributed by atoms with Gasteiger partial charge in [0, 0.05) is 25.1 Å². The molecule has 1 amide bonds. The summed E-state index contributed by atoms with van der Waals surface area (Å²) in [5, 5.41) is 20.9. The first-order valence-electron chi connectivity index (χ1n) is 7.71. The van der Waals surface area contributed by atoms with Crippen LogP contribution in [0.25, 0.3) is 0 Å². The fraction of sp³-hybridized carbons (Fsp3) is 0.278. The Morgan fingerprint density at radius 2 is 1.88 bits per heavy atom. The van der Waals surface area contributed by atoms with Gasteiger partial charge in [0.15, 0.2) is 4.90 Å². The molecule has 0 heterocycles. The number of hydrogen-bond acceptors (Lipinski definition) is 3. The van der Waals surface area contributed by atoms with E-state index in [0.29, 0.717) is 26.1 Å². The Morgan fingerprint density at radius 3 is 2.46 bits per heavy atom. The number of halogens is 2. The van der Waals surface area contributed by atoms with Gasteiger partial charge in [-0.2, -0.15) is 0 Å². The lowest BCUT2D eigenvalue weighted by molar-refractivity contribution is 0.111. The average molecular weight is 416 g/mol. The van der Waals surface area contributed by atoms with Crippen molar-refractivity contribution in [1.29, 1.82) is 0 Å². The van der Waals surface area contributed by atoms with Crippen molar-refractivity contribution in [3.05, 3.63) is 63.6 Å². The van der Waals surface area contributed by atoms with Gasteiger partial charge >= 0.3 is 6.09 Å². The Hall–Kier alpha value is -1.44. The standard InChI is InChI=1S/C18H19Cl2NO4S/c1-21(18(23)24)10-13(11-7-8-14(19)15(20)9-11)17(22)12-5-3-4-6-16(12)26(2)25/h3-9,13,17,22H,10H2,1-2H3,(H,23,24)/t13-,17+,26?/m1/s1. The summed E-state index contributed by atoms with van der Waals surface area (Å²) in [5.74, 6) is -0.615. The van der Waals surface area contributed by atoms with Crippen LogP contribution in [-0.2, 0) is 11.2 Å². The number of nitrogens with zero attached hydrogens (tertiary/aromatic N) is 1. The van der Waals surface area contributed by atoms with Crippen molar-refractivity contribution in [3.8, 4) is 0 Å². The number of hydrogen-bond donors (Lipinski definition) is 2. The zero-order chi connectivity index (χ0) is 19.4. The van der Waals surface area contributed by atoms with Crippen molar-refractivity contribution < 1.29 is 19.6 Å². The zero-order valence-corrected chi connectivity index (χ0v) is 16.6. The Morgan fingerprint density at radius 1 is 1.23 bits per heavy atom. The van der Waals surface area contributed by atoms with E-state index >= 15 is 0 Å². The highest BCUT2D eigenvalue weighted by Gasteiger charge is 2.30. The summed E-state index contributed by atoms with van der Waals surface area (Å²) in [5.41, 5.74) is 1.12. The smallest absolute Gasteiger partial charge is 0.407 e. The summed E-state index contributed by atoms with van der Waals surface area (Å²) in [6.45, 7) is 0.0269. The number of likely N-dealkylation sites (N-methyl/N-ethyl adjacent to an activating group) is 1. The number of carbonyl (C=O) groups is 1. The molecule has 0 bridgehead atoms. The fourth-order valence-electron chi connectivity index (χ4n) is 2.71. The molecule has 1 unspecified atom stereocenters. The molecule has 0 radical (unpaired) electrons. The maximum absolute atomic E-state index is 12.0. The zero-order valence-electron chi connectivity index (χ0n) is 14.2. The average Bonchev–Trinajstić information content (AvgIpc) is 2.61. The second kappa shape index (κ2) is 8.97. The van der Waals surface area contributed by atoms with E-state index in [9.17, 15) is 19.6 Å². The van der Waals surface area contributed by atoms with E-state index < -0.39 is 29.3 Å². The molecule has 0 aromatic heterocycles. The van der Waals surface area contributed by atoms with Crippen LogP contribution in [-0.4, -0.2) is 45.6 Å². The SMILES string of the molecule is CN(C[C@H](c1ccc(Cl)c(Cl)c1)[C@@H](O)c1ccccc1[S+](C)[O-])C(=O)O. The van der Waals surface area contributed by atoms with Crippen LogP contribution in [0.3, 0.4) is 0 Å². The highest BCUT2D eigenvalue weighted by molar-refractivity contribution is 7.90. The van der Waals surface area contributed by atoms with E-state index in [2.05, 4.69) is 0 Å². The van der Waals surface area contributed by atoms with E-state index in [1.54, 1.807) is 42.5 Å². The van der Waals surface area contributed by atoms with E-state index in [4.69, 9.17) is 23.2 Å². The molecule has 0 saturated heterocycles. The van der Waals surface area contributed by atoms with Gasteiger partial charge in [0.05, 0.1) is 16.1 Å². The Kier molecular flexibility index (Phi) is 7.20. The van der Waals surface area contributed by atoms with Crippen LogP contribution in [0.1, 0.15) is 23.1 Å². The lowest BCUT2D eigenvalue weighted by Gasteiger charge is -2.28. The van der Waals surface area contributed by atoms with Crippen molar-refractivity contribution in [2.45, 2.75) is 16.9 Å². The van der Waals surface area contributed by atoms with Crippen LogP contribution in [0, 0.1) is 0 Å². The molecule has 2 aromatic rings. The van der Waals surface area contributed by atoms with Gasteiger partial charge in [-0.3, -0.25) is 0 Å². The number of rotatable bonds is 6. The van der Waals surface area contributed by atoms with E-state index in [0.717, 1.165) is 4.90 Å². The maximum atomic E-state index is 12.0. The first-order chi connectivity index (χ1) is 12.2. The summed E-state index contributed by atoms with van der Waals surface area (Å²) in [4.78, 5) is 12.9. The number of aliphatic hydroxyl groups excluding tert-OH is 1. The molecule has 140 valence electrons. The maximum Gasteiger partial charge on any atom is 0.407 e. The minimum atomic E-state index is -1.30. The van der Waals surface area contributed by atoms with Gasteiger partial charge in [0.1, 0.15) is 6.26 Å². The monoisotopic (exact) mass is 415 g/mol. The van der Waals surface area contributed by atoms with Crippen molar-refractivity contribution in [2.75, 3.05) is 19.8 Å². The van der Waals surface area contributed by atoms with Gasteiger partial charge in [-0.05, 0) is 34.9 Å². The second-order valence-corrected chi connectivity index (χ2v) is 8.04. The molecule has 0 saturated carbocycles. The second-order valence-electron chi connectivity index (χ2n) is 5.88. The molecule has 2 N–H and O–H groups in total. The number of amides is 1. The molecule has 0 aliphatic rings. The highest BCUT2D eigenvalue weighted by Crippen LogP contribution is 2.37. The van der Waals surface area contributed by atoms with Gasteiger partial charge in [-0.15, -0.1) is 0 Å². The van der Waals surface area contributed by atoms with Crippen LogP contribution in [0.15, 0.2) is 47.4 Å². The van der Waals surface area contributed by atoms with Crippen molar-refractivity contribution in [1.82, 2.24) is 4.90 Å². The first-order valence-corrected chi connectivity index (χ1v) is 10.0. The molecule has 0 spiro atoms. The first kappa shape index (κ1) is 20.9. The van der Waals surface area contributed by atoms with Crippen LogP contribution < -0.4 is 0 Å². The molecule has 2 rings (SSSR count). The topological polar surface area (TPSA) is 83.8 Å². The van der Waals surface area contributed by atoms with Gasteiger partial charge in [-0.25, -0.2) is 4.79 Å². The lowest BCUT2D eigenvalue weighted by Crippen LogP contribution is -2.32. The minimum absolute atomic E-state index is 0.0269. The molecule has 2 aromatic carbocycles. The summed E-state index contributed by atoms with van der Waals surface area (Å²) in [6.07, 6.45) is -0.660. The van der Waals surface area contributed by atoms with E-state index in [1.165, 1.54) is 13.3 Å². The predicted molar refractivity (Wildman–Crippen MR) is 104 cm³/mol. The molecule has 8 heteroatoms. The van der Waals surface area contributed by atoms with Crippen LogP contribution in [0.4, 0.5) is 4.79 Å². The fourth-order valence-corrected chi connectivity index (χ4v) is 3.80. The van der Waals surface area contributed by atoms with Crippen LogP contribution in [0.5, 0.6) is 0 Å². The third kappa shape index (κ3) is 4.84. The van der Waals surface area contributed by atoms with Gasteiger partial charge in [0.2, 0.25) is 0 Å². The van der Waals surface area contributed by atoms with Crippen LogP contribution >= 0.6 is 23.2 Å². The Labute approximate surface area is 165 Å². The summed E-state index contributed by atoms with van der Waals surface area (Å²) in [7, 11) is 1.42. The molecule has 0 fully saturated rings. The van der Waals surface area contributed by atoms with Crippen LogP contribution in [0.2, 0.25) is 10.0 Å². The predicted octanol–water partition coefficient (Wildman–Crippen LogP) is 4.16. The highest BCUT2D eigenvalue weighted by atomic mass is 35.5. The quantitative estimate of drug-likeness (QED) is 0.693. The van der Waals surface area contributed by atoms with Crippen molar-refractivity contribution >= 4 is 40.5 Å². The molecule has 0 aliphatic carbocycles. The van der Waals surface area contributed by atoms with E-state index in [-0.39, 0.29) is 6.54 Å². The third-order valence-electron chi connectivity index (χ3n) is 4.10. The number of aliphatic hydroxyl groups is 1. The summed E-state index contributed by atoms with van der Waals surface area (Å²) >= 11 is 10.8. The van der Waals surface area contributed by atoms with Crippen molar-refractivity contribution in [3.63, 3.8) is 0 Å². The minimum Gasteiger partial charge on any atom is -0.612 e. The number of benzene rings is 2. The third-order valence-corrected chi connectivity index (χ3v) is 5.83. The largest absolute Gasteiger partial charge is 0.612 e. The summed E-state index contributed by atoms with van der Waals surface area (Å²) in [6, 6.07) is 11.8. The van der Waals surface area contributed by atoms with Crippen molar-refractivity contribution in [2.24, 2.45) is 0 Å². The Balaban J connectivity index is 2.49. The van der Waals surface area contributed by atoms with E-state index in [1.807, 2.05) is 0 Å². The molecule has 5 nitrogen and oxygen atoms in total. The molecule has 0 aliphatic heterocycles. The summed E-state index contributed by atoms with van der Waals surface area (Å²) < 4.78 is 12.0. The molecular weight excluding hydrogens is 397 g/mol. The van der Waals surface area contributed by atoms with Gasteiger partial charge < -0.3 is 19.7 Å². The van der Waals surface area contributed by atoms with Gasteiger partial charge in [0.25, 0.3) is 0 Å². The van der Waals surface area contributed by atoms with Gasteiger partial charge in [-0.1, -0.05) is 47.5 Å². The molecule has 3 atom stereocenters.